The highest BCUT2D eigenvalue weighted by molar-refractivity contribution is 5.81. The summed E-state index contributed by atoms with van der Waals surface area (Å²) >= 11 is 0. The van der Waals surface area contributed by atoms with E-state index >= 15 is 0 Å². The molecule has 3 aliphatic rings. The van der Waals surface area contributed by atoms with Crippen molar-refractivity contribution in [2.45, 2.75) is 108 Å². The summed E-state index contributed by atoms with van der Waals surface area (Å²) in [7, 11) is 3.19. The second-order valence-corrected chi connectivity index (χ2v) is 10.9. The zero-order chi connectivity index (χ0) is 25.9. The molecule has 1 aromatic carbocycles. The molecule has 2 saturated carbocycles. The van der Waals surface area contributed by atoms with Crippen LogP contribution in [0.2, 0.25) is 0 Å². The monoisotopic (exact) mass is 502 g/mol. The van der Waals surface area contributed by atoms with E-state index in [-0.39, 0.29) is 18.1 Å². The van der Waals surface area contributed by atoms with Gasteiger partial charge in [-0.2, -0.15) is 5.06 Å². The molecule has 1 aliphatic heterocycles. The van der Waals surface area contributed by atoms with Gasteiger partial charge in [-0.25, -0.2) is 9.59 Å². The van der Waals surface area contributed by atoms with Crippen LogP contribution in [-0.4, -0.2) is 70.1 Å². The molecular formula is C27H42N4O5. The molecule has 0 bridgehead atoms. The molecule has 4 amide bonds. The van der Waals surface area contributed by atoms with Crippen molar-refractivity contribution in [1.82, 2.24) is 20.2 Å². The largest absolute Gasteiger partial charge is 0.497 e. The Labute approximate surface area is 214 Å². The fourth-order valence-corrected chi connectivity index (χ4v) is 6.11. The molecule has 4 rings (SSSR count). The van der Waals surface area contributed by atoms with Crippen LogP contribution in [0.4, 0.5) is 9.59 Å². The lowest BCUT2D eigenvalue weighted by Crippen LogP contribution is -2.61. The van der Waals surface area contributed by atoms with E-state index in [1.54, 1.807) is 30.1 Å². The van der Waals surface area contributed by atoms with Crippen LogP contribution in [0.15, 0.2) is 18.2 Å². The number of rotatable bonds is 7. The van der Waals surface area contributed by atoms with E-state index in [4.69, 9.17) is 9.47 Å². The number of benzene rings is 1. The van der Waals surface area contributed by atoms with E-state index in [1.165, 1.54) is 6.42 Å². The van der Waals surface area contributed by atoms with Crippen LogP contribution in [0, 0.1) is 0 Å². The van der Waals surface area contributed by atoms with E-state index in [0.29, 0.717) is 18.0 Å². The molecule has 1 atom stereocenters. The van der Waals surface area contributed by atoms with Crippen LogP contribution in [0.25, 0.3) is 0 Å². The molecule has 0 radical (unpaired) electrons. The van der Waals surface area contributed by atoms with Gasteiger partial charge in [-0.1, -0.05) is 38.5 Å². The van der Waals surface area contributed by atoms with E-state index in [9.17, 15) is 14.8 Å². The fraction of sp³-hybridized carbons (Fsp3) is 0.704. The smallest absolute Gasteiger partial charge is 0.343 e. The third-order valence-electron chi connectivity index (χ3n) is 8.14. The Balaban J connectivity index is 1.63. The van der Waals surface area contributed by atoms with E-state index in [1.807, 2.05) is 26.0 Å². The lowest BCUT2D eigenvalue weighted by Gasteiger charge is -2.41. The number of amides is 4. The van der Waals surface area contributed by atoms with Gasteiger partial charge >= 0.3 is 12.1 Å². The third-order valence-corrected chi connectivity index (χ3v) is 8.14. The number of carbonyl (C=O) groups is 2. The molecule has 1 heterocycles. The van der Waals surface area contributed by atoms with Crippen LogP contribution < -0.4 is 14.8 Å². The zero-order valence-corrected chi connectivity index (χ0v) is 22.2. The summed E-state index contributed by atoms with van der Waals surface area (Å²) in [6.45, 7) is 4.15. The minimum absolute atomic E-state index is 0.0162. The number of methoxy groups -OCH3 is 2. The van der Waals surface area contributed by atoms with Crippen molar-refractivity contribution in [3.8, 4) is 11.5 Å². The first kappa shape index (κ1) is 26.4. The normalized spacial score (nSPS) is 23.0. The molecule has 0 aromatic heterocycles. The highest BCUT2D eigenvalue weighted by Gasteiger charge is 2.57. The minimum atomic E-state index is -0.844. The Hall–Kier alpha value is -2.68. The average Bonchev–Trinajstić information content (AvgIpc) is 3.09. The quantitative estimate of drug-likeness (QED) is 0.399. The van der Waals surface area contributed by atoms with Crippen molar-refractivity contribution in [2.75, 3.05) is 14.2 Å². The number of hydrogen-bond acceptors (Lipinski definition) is 5. The summed E-state index contributed by atoms with van der Waals surface area (Å²) < 4.78 is 10.8. The number of urea groups is 2. The van der Waals surface area contributed by atoms with Crippen LogP contribution >= 0.6 is 0 Å². The van der Waals surface area contributed by atoms with Crippen molar-refractivity contribution in [2.24, 2.45) is 0 Å². The van der Waals surface area contributed by atoms with Gasteiger partial charge in [0.05, 0.1) is 19.8 Å². The SMILES string of the molecule is COc1cc(CN2C(=O)N(C3CCCCC3)[C@@H](N(O)C(=O)NC3CCCCC3)C2(C)C)cc(OC)c1. The molecule has 0 unspecified atom stereocenters. The molecule has 9 heteroatoms. The standard InChI is InChI=1S/C27H42N4O5/c1-27(2)24(31(34)25(32)28-20-11-7-5-8-12-20)30(21-13-9-6-10-14-21)26(33)29(27)18-19-15-22(35-3)17-23(16-19)36-4/h15-17,20-21,24,34H,5-14,18H2,1-4H3,(H,28,32)/t24-/m0/s1. The summed E-state index contributed by atoms with van der Waals surface area (Å²) in [6, 6.07) is 4.92. The van der Waals surface area contributed by atoms with Crippen LogP contribution in [0.5, 0.6) is 11.5 Å². The predicted molar refractivity (Wildman–Crippen MR) is 136 cm³/mol. The van der Waals surface area contributed by atoms with Gasteiger partial charge in [-0.05, 0) is 57.2 Å². The molecule has 9 nitrogen and oxygen atoms in total. The molecule has 1 aromatic rings. The number of ether oxygens (including phenoxy) is 2. The van der Waals surface area contributed by atoms with Crippen molar-refractivity contribution in [3.63, 3.8) is 0 Å². The number of hydroxylamine groups is 2. The minimum Gasteiger partial charge on any atom is -0.497 e. The molecule has 3 fully saturated rings. The number of nitrogens with one attached hydrogen (secondary N) is 1. The second-order valence-electron chi connectivity index (χ2n) is 10.9. The molecule has 36 heavy (non-hydrogen) atoms. The first-order valence-electron chi connectivity index (χ1n) is 13.4. The van der Waals surface area contributed by atoms with Gasteiger partial charge in [0, 0.05) is 24.7 Å². The summed E-state index contributed by atoms with van der Waals surface area (Å²) in [6.07, 6.45) is 9.34. The Morgan fingerprint density at radius 1 is 1.00 bits per heavy atom. The fourth-order valence-electron chi connectivity index (χ4n) is 6.11. The first-order chi connectivity index (χ1) is 17.3. The topological polar surface area (TPSA) is 94.6 Å². The summed E-state index contributed by atoms with van der Waals surface area (Å²) in [4.78, 5) is 30.7. The second kappa shape index (κ2) is 11.2. The molecule has 2 N–H and O–H groups in total. The first-order valence-corrected chi connectivity index (χ1v) is 13.4. The maximum absolute atomic E-state index is 14.0. The lowest BCUT2D eigenvalue weighted by atomic mass is 9.92. The van der Waals surface area contributed by atoms with Gasteiger partial charge in [0.2, 0.25) is 0 Å². The molecule has 1 saturated heterocycles. The van der Waals surface area contributed by atoms with Crippen molar-refractivity contribution in [1.29, 1.82) is 0 Å². The Morgan fingerprint density at radius 3 is 2.11 bits per heavy atom. The molecule has 0 spiro atoms. The average molecular weight is 503 g/mol. The van der Waals surface area contributed by atoms with Crippen LogP contribution in [0.3, 0.4) is 0 Å². The number of nitrogens with zero attached hydrogens (tertiary/aromatic N) is 3. The summed E-state index contributed by atoms with van der Waals surface area (Å²) in [5, 5.41) is 15.1. The highest BCUT2D eigenvalue weighted by atomic mass is 16.5. The van der Waals surface area contributed by atoms with E-state index in [0.717, 1.165) is 68.4 Å². The number of hydrogen-bond donors (Lipinski definition) is 2. The Kier molecular flexibility index (Phi) is 8.17. The molecule has 200 valence electrons. The molecular weight excluding hydrogens is 460 g/mol. The Morgan fingerprint density at radius 2 is 1.56 bits per heavy atom. The summed E-state index contributed by atoms with van der Waals surface area (Å²) in [5.74, 6) is 1.29. The predicted octanol–water partition coefficient (Wildman–Crippen LogP) is 5.11. The lowest BCUT2D eigenvalue weighted by molar-refractivity contribution is -0.141. The zero-order valence-electron chi connectivity index (χ0n) is 22.2. The maximum Gasteiger partial charge on any atom is 0.343 e. The van der Waals surface area contributed by atoms with E-state index < -0.39 is 17.7 Å². The van der Waals surface area contributed by atoms with Gasteiger partial charge < -0.3 is 19.7 Å². The van der Waals surface area contributed by atoms with Gasteiger partial charge in [-0.3, -0.25) is 10.1 Å². The maximum atomic E-state index is 14.0. The number of carbonyl (C=O) groups excluding carboxylic acids is 2. The Bertz CT molecular complexity index is 904. The van der Waals surface area contributed by atoms with Crippen LogP contribution in [-0.2, 0) is 6.54 Å². The van der Waals surface area contributed by atoms with Gasteiger partial charge in [0.15, 0.2) is 6.17 Å². The van der Waals surface area contributed by atoms with Crippen molar-refractivity contribution in [3.05, 3.63) is 23.8 Å². The summed E-state index contributed by atoms with van der Waals surface area (Å²) in [5.41, 5.74) is 0.0109. The van der Waals surface area contributed by atoms with Gasteiger partial charge in [0.25, 0.3) is 0 Å². The van der Waals surface area contributed by atoms with E-state index in [2.05, 4.69) is 5.32 Å². The highest BCUT2D eigenvalue weighted by Crippen LogP contribution is 2.40. The van der Waals surface area contributed by atoms with Crippen LogP contribution in [0.1, 0.15) is 83.6 Å². The van der Waals surface area contributed by atoms with Gasteiger partial charge in [-0.15, -0.1) is 0 Å². The van der Waals surface area contributed by atoms with Crippen molar-refractivity contribution >= 4 is 12.1 Å². The molecule has 2 aliphatic carbocycles. The van der Waals surface area contributed by atoms with Crippen molar-refractivity contribution < 1.29 is 24.3 Å². The third kappa shape index (κ3) is 5.36. The van der Waals surface area contributed by atoms with Gasteiger partial charge in [0.1, 0.15) is 11.5 Å².